The Morgan fingerprint density at radius 3 is 2.43 bits per heavy atom. The van der Waals surface area contributed by atoms with Crippen LogP contribution in [0.15, 0.2) is 0 Å². The molecular formula is C11H18O3. The second kappa shape index (κ2) is 5.91. The zero-order valence-electron chi connectivity index (χ0n) is 8.75. The highest BCUT2D eigenvalue weighted by Gasteiger charge is 2.15. The number of carbonyl (C=O) groups excluding carboxylic acids is 2. The van der Waals surface area contributed by atoms with Crippen LogP contribution in [0.1, 0.15) is 45.4 Å². The van der Waals surface area contributed by atoms with Crippen molar-refractivity contribution in [3.8, 4) is 0 Å². The molecule has 0 heterocycles. The molecule has 0 aromatic rings. The fourth-order valence-electron chi connectivity index (χ4n) is 1.77. The van der Waals surface area contributed by atoms with Crippen LogP contribution in [0.5, 0.6) is 0 Å². The van der Waals surface area contributed by atoms with Crippen LogP contribution in [0.4, 0.5) is 0 Å². The van der Waals surface area contributed by atoms with Crippen LogP contribution in [0, 0.1) is 0 Å². The standard InChI is InChI=1S/C11H18O3/c1-9(12)7-10(13)8-14-11-5-3-2-4-6-11/h11H,2-8H2,1H3. The molecule has 80 valence electrons. The first-order valence-electron chi connectivity index (χ1n) is 5.31. The minimum atomic E-state index is -0.0944. The van der Waals surface area contributed by atoms with Gasteiger partial charge in [0, 0.05) is 0 Å². The maximum absolute atomic E-state index is 11.2. The molecule has 0 bridgehead atoms. The number of rotatable bonds is 5. The summed E-state index contributed by atoms with van der Waals surface area (Å²) in [6, 6.07) is 0. The molecule has 0 radical (unpaired) electrons. The molecule has 0 saturated heterocycles. The lowest BCUT2D eigenvalue weighted by Gasteiger charge is -2.21. The molecule has 14 heavy (non-hydrogen) atoms. The molecule has 3 nitrogen and oxygen atoms in total. The maximum Gasteiger partial charge on any atom is 0.165 e. The first kappa shape index (κ1) is 11.4. The van der Waals surface area contributed by atoms with Gasteiger partial charge in [0.05, 0.1) is 12.5 Å². The molecule has 1 fully saturated rings. The SMILES string of the molecule is CC(=O)CC(=O)COC1CCCCC1. The average Bonchev–Trinajstić information content (AvgIpc) is 2.15. The fourth-order valence-corrected chi connectivity index (χ4v) is 1.77. The van der Waals surface area contributed by atoms with Crippen molar-refractivity contribution in [2.45, 2.75) is 51.6 Å². The van der Waals surface area contributed by atoms with E-state index in [1.807, 2.05) is 0 Å². The van der Waals surface area contributed by atoms with E-state index in [-0.39, 0.29) is 30.7 Å². The van der Waals surface area contributed by atoms with Crippen LogP contribution in [-0.2, 0) is 14.3 Å². The topological polar surface area (TPSA) is 43.4 Å². The van der Waals surface area contributed by atoms with Gasteiger partial charge < -0.3 is 4.74 Å². The highest BCUT2D eigenvalue weighted by atomic mass is 16.5. The van der Waals surface area contributed by atoms with Gasteiger partial charge in [-0.25, -0.2) is 0 Å². The Morgan fingerprint density at radius 1 is 1.21 bits per heavy atom. The van der Waals surface area contributed by atoms with Crippen LogP contribution < -0.4 is 0 Å². The molecule has 1 rings (SSSR count). The molecule has 3 heteroatoms. The van der Waals surface area contributed by atoms with Crippen molar-refractivity contribution in [3.63, 3.8) is 0 Å². The van der Waals surface area contributed by atoms with Crippen LogP contribution in [0.2, 0.25) is 0 Å². The minimum Gasteiger partial charge on any atom is -0.370 e. The molecule has 0 unspecified atom stereocenters. The average molecular weight is 198 g/mol. The maximum atomic E-state index is 11.2. The normalized spacial score (nSPS) is 18.1. The van der Waals surface area contributed by atoms with Gasteiger partial charge in [0.15, 0.2) is 5.78 Å². The largest absolute Gasteiger partial charge is 0.370 e. The van der Waals surface area contributed by atoms with E-state index < -0.39 is 0 Å². The minimum absolute atomic E-state index is 0.0206. The molecular weight excluding hydrogens is 180 g/mol. The van der Waals surface area contributed by atoms with Crippen LogP contribution in [0.3, 0.4) is 0 Å². The monoisotopic (exact) mass is 198 g/mol. The van der Waals surface area contributed by atoms with E-state index in [2.05, 4.69) is 0 Å². The molecule has 1 aliphatic rings. The predicted octanol–water partition coefficient (Wildman–Crippen LogP) is 1.88. The number of ketones is 2. The third kappa shape index (κ3) is 4.51. The van der Waals surface area contributed by atoms with Crippen LogP contribution in [-0.4, -0.2) is 24.3 Å². The molecule has 1 saturated carbocycles. The van der Waals surface area contributed by atoms with Gasteiger partial charge in [0.2, 0.25) is 0 Å². The van der Waals surface area contributed by atoms with E-state index in [1.54, 1.807) is 0 Å². The van der Waals surface area contributed by atoms with E-state index >= 15 is 0 Å². The Hall–Kier alpha value is -0.700. The summed E-state index contributed by atoms with van der Waals surface area (Å²) >= 11 is 0. The molecule has 0 aromatic heterocycles. The summed E-state index contributed by atoms with van der Waals surface area (Å²) in [6.45, 7) is 1.54. The van der Waals surface area contributed by atoms with Crippen molar-refractivity contribution < 1.29 is 14.3 Å². The molecule has 0 spiro atoms. The summed E-state index contributed by atoms with van der Waals surface area (Å²) in [5, 5.41) is 0. The highest BCUT2D eigenvalue weighted by Crippen LogP contribution is 2.20. The lowest BCUT2D eigenvalue weighted by Crippen LogP contribution is -2.21. The van der Waals surface area contributed by atoms with E-state index in [0.717, 1.165) is 12.8 Å². The third-order valence-corrected chi connectivity index (χ3v) is 2.48. The van der Waals surface area contributed by atoms with Gasteiger partial charge in [-0.1, -0.05) is 19.3 Å². The summed E-state index contributed by atoms with van der Waals surface area (Å²) in [4.78, 5) is 21.8. The van der Waals surface area contributed by atoms with Gasteiger partial charge in [0.1, 0.15) is 12.4 Å². The quantitative estimate of drug-likeness (QED) is 0.633. The second-order valence-corrected chi connectivity index (χ2v) is 3.99. The predicted molar refractivity (Wildman–Crippen MR) is 53.1 cm³/mol. The fraction of sp³-hybridized carbons (Fsp3) is 0.818. The van der Waals surface area contributed by atoms with Crippen LogP contribution >= 0.6 is 0 Å². The summed E-state index contributed by atoms with van der Waals surface area (Å²) in [7, 11) is 0. The number of carbonyl (C=O) groups is 2. The number of Topliss-reactive ketones (excluding diaryl/α,β-unsaturated/α-hetero) is 2. The molecule has 0 N–H and O–H groups in total. The van der Waals surface area contributed by atoms with E-state index in [9.17, 15) is 9.59 Å². The molecule has 1 aliphatic carbocycles. The summed E-state index contributed by atoms with van der Waals surface area (Å²) in [5.74, 6) is -0.176. The Bertz CT molecular complexity index is 205. The van der Waals surface area contributed by atoms with Crippen molar-refractivity contribution in [1.29, 1.82) is 0 Å². The molecule has 0 atom stereocenters. The third-order valence-electron chi connectivity index (χ3n) is 2.48. The lowest BCUT2D eigenvalue weighted by molar-refractivity contribution is -0.130. The van der Waals surface area contributed by atoms with Crippen molar-refractivity contribution in [2.24, 2.45) is 0 Å². The number of hydrogen-bond acceptors (Lipinski definition) is 3. The number of hydrogen-bond donors (Lipinski definition) is 0. The molecule has 0 aliphatic heterocycles. The Morgan fingerprint density at radius 2 is 1.86 bits per heavy atom. The van der Waals surface area contributed by atoms with Gasteiger partial charge in [-0.3, -0.25) is 9.59 Å². The zero-order chi connectivity index (χ0) is 10.4. The lowest BCUT2D eigenvalue weighted by atomic mass is 9.98. The Kier molecular flexibility index (Phi) is 4.80. The van der Waals surface area contributed by atoms with E-state index in [1.165, 1.54) is 26.2 Å². The van der Waals surface area contributed by atoms with Gasteiger partial charge in [-0.2, -0.15) is 0 Å². The molecule has 0 amide bonds. The highest BCUT2D eigenvalue weighted by molar-refractivity contribution is 5.98. The van der Waals surface area contributed by atoms with Gasteiger partial charge in [-0.05, 0) is 19.8 Å². The first-order chi connectivity index (χ1) is 6.68. The first-order valence-corrected chi connectivity index (χ1v) is 5.31. The van der Waals surface area contributed by atoms with Gasteiger partial charge >= 0.3 is 0 Å². The Labute approximate surface area is 84.8 Å². The number of ether oxygens (including phenoxy) is 1. The van der Waals surface area contributed by atoms with Gasteiger partial charge in [0.25, 0.3) is 0 Å². The van der Waals surface area contributed by atoms with Crippen molar-refractivity contribution >= 4 is 11.6 Å². The van der Waals surface area contributed by atoms with Crippen molar-refractivity contribution in [2.75, 3.05) is 6.61 Å². The smallest absolute Gasteiger partial charge is 0.165 e. The van der Waals surface area contributed by atoms with Gasteiger partial charge in [-0.15, -0.1) is 0 Å². The summed E-state index contributed by atoms with van der Waals surface area (Å²) in [6.07, 6.45) is 6.07. The second-order valence-electron chi connectivity index (χ2n) is 3.99. The van der Waals surface area contributed by atoms with E-state index in [0.29, 0.717) is 0 Å². The van der Waals surface area contributed by atoms with Crippen LogP contribution in [0.25, 0.3) is 0 Å². The van der Waals surface area contributed by atoms with Crippen molar-refractivity contribution in [1.82, 2.24) is 0 Å². The summed E-state index contributed by atoms with van der Waals surface area (Å²) in [5.41, 5.74) is 0. The molecule has 0 aromatic carbocycles. The summed E-state index contributed by atoms with van der Waals surface area (Å²) < 4.78 is 5.44. The van der Waals surface area contributed by atoms with Crippen molar-refractivity contribution in [3.05, 3.63) is 0 Å². The van der Waals surface area contributed by atoms with E-state index in [4.69, 9.17) is 4.74 Å². The zero-order valence-corrected chi connectivity index (χ0v) is 8.75. The Balaban J connectivity index is 2.12.